The van der Waals surface area contributed by atoms with Gasteiger partial charge in [0, 0.05) is 11.6 Å². The predicted molar refractivity (Wildman–Crippen MR) is 104 cm³/mol. The highest BCUT2D eigenvalue weighted by atomic mass is 32.2. The van der Waals surface area contributed by atoms with E-state index in [9.17, 15) is 18.0 Å². The maximum Gasteiger partial charge on any atom is 0.271 e. The van der Waals surface area contributed by atoms with Gasteiger partial charge in [0.2, 0.25) is 0 Å². The molecule has 0 radical (unpaired) electrons. The Kier molecular flexibility index (Phi) is 7.17. The monoisotopic (exact) mass is 405 g/mol. The van der Waals surface area contributed by atoms with Crippen molar-refractivity contribution in [2.75, 3.05) is 13.2 Å². The Labute approximate surface area is 164 Å². The van der Waals surface area contributed by atoms with Crippen LogP contribution in [0.15, 0.2) is 53.4 Å². The van der Waals surface area contributed by atoms with Crippen LogP contribution in [0.25, 0.3) is 0 Å². The normalized spacial score (nSPS) is 11.1. The molecule has 2 aromatic carbocycles. The third-order valence-electron chi connectivity index (χ3n) is 3.58. The lowest BCUT2D eigenvalue weighted by Gasteiger charge is -2.11. The topological polar surface area (TPSA) is 98.8 Å². The molecule has 0 unspecified atom stereocenters. The molecule has 0 aliphatic rings. The van der Waals surface area contributed by atoms with Crippen molar-refractivity contribution in [1.82, 2.24) is 4.72 Å². The van der Waals surface area contributed by atoms with Gasteiger partial charge in [0.1, 0.15) is 11.5 Å². The minimum atomic E-state index is -4.05. The van der Waals surface area contributed by atoms with E-state index in [4.69, 9.17) is 9.47 Å². The van der Waals surface area contributed by atoms with Crippen LogP contribution in [0.1, 0.15) is 31.1 Å². The van der Waals surface area contributed by atoms with Crippen molar-refractivity contribution in [3.8, 4) is 11.5 Å². The number of nitrogens with one attached hydrogen (secondary N) is 1. The number of hydrogen-bond donors (Lipinski definition) is 1. The zero-order valence-corrected chi connectivity index (χ0v) is 16.8. The Morgan fingerprint density at radius 3 is 2.18 bits per heavy atom. The van der Waals surface area contributed by atoms with Crippen molar-refractivity contribution < 1.29 is 27.5 Å². The first-order valence-electron chi connectivity index (χ1n) is 8.69. The van der Waals surface area contributed by atoms with Gasteiger partial charge in [-0.1, -0.05) is 32.0 Å². The van der Waals surface area contributed by atoms with Gasteiger partial charge in [-0.15, -0.1) is 0 Å². The molecular weight excluding hydrogens is 382 g/mol. The van der Waals surface area contributed by atoms with Crippen LogP contribution in [-0.2, 0) is 14.8 Å². The molecule has 0 atom stereocenters. The van der Waals surface area contributed by atoms with Crippen molar-refractivity contribution >= 4 is 21.7 Å². The van der Waals surface area contributed by atoms with Crippen molar-refractivity contribution in [3.63, 3.8) is 0 Å². The first-order valence-corrected chi connectivity index (χ1v) is 10.2. The fraction of sp³-hybridized carbons (Fsp3) is 0.300. The van der Waals surface area contributed by atoms with Gasteiger partial charge in [0.05, 0.1) is 11.5 Å². The highest BCUT2D eigenvalue weighted by Crippen LogP contribution is 2.20. The molecule has 28 heavy (non-hydrogen) atoms. The molecule has 1 N–H and O–H groups in total. The van der Waals surface area contributed by atoms with Crippen molar-refractivity contribution in [2.45, 2.75) is 25.7 Å². The van der Waals surface area contributed by atoms with Crippen molar-refractivity contribution in [3.05, 3.63) is 54.1 Å². The SMILES string of the molecule is CC(=O)c1ccc(S(=O)(=O)NC(=O)COc2cccc(OCC(C)C)c2)cc1. The van der Waals surface area contributed by atoms with E-state index in [1.54, 1.807) is 24.3 Å². The van der Waals surface area contributed by atoms with Crippen LogP contribution in [0.5, 0.6) is 11.5 Å². The number of benzene rings is 2. The summed E-state index contributed by atoms with van der Waals surface area (Å²) in [7, 11) is -4.05. The molecule has 2 aromatic rings. The molecule has 0 heterocycles. The number of hydrogen-bond acceptors (Lipinski definition) is 6. The second kappa shape index (κ2) is 9.36. The number of carbonyl (C=O) groups is 2. The van der Waals surface area contributed by atoms with Crippen LogP contribution in [0.4, 0.5) is 0 Å². The fourth-order valence-corrected chi connectivity index (χ4v) is 3.14. The van der Waals surface area contributed by atoms with E-state index < -0.39 is 22.5 Å². The molecule has 8 heteroatoms. The van der Waals surface area contributed by atoms with E-state index in [1.165, 1.54) is 31.2 Å². The molecule has 7 nitrogen and oxygen atoms in total. The van der Waals surface area contributed by atoms with E-state index in [0.29, 0.717) is 29.6 Å². The van der Waals surface area contributed by atoms with Crippen molar-refractivity contribution in [1.29, 1.82) is 0 Å². The average Bonchev–Trinajstić information content (AvgIpc) is 2.65. The lowest BCUT2D eigenvalue weighted by molar-refractivity contribution is -0.121. The smallest absolute Gasteiger partial charge is 0.271 e. The number of carbonyl (C=O) groups excluding carboxylic acids is 2. The minimum Gasteiger partial charge on any atom is -0.493 e. The van der Waals surface area contributed by atoms with Crippen LogP contribution < -0.4 is 14.2 Å². The molecular formula is C20H23NO6S. The molecule has 0 fully saturated rings. The predicted octanol–water partition coefficient (Wildman–Crippen LogP) is 2.81. The summed E-state index contributed by atoms with van der Waals surface area (Å²) in [4.78, 5) is 23.1. The summed E-state index contributed by atoms with van der Waals surface area (Å²) >= 11 is 0. The van der Waals surface area contributed by atoms with E-state index in [-0.39, 0.29) is 10.7 Å². The number of Topliss-reactive ketones (excluding diaryl/α,β-unsaturated/α-hetero) is 1. The summed E-state index contributed by atoms with van der Waals surface area (Å²) in [6, 6.07) is 12.1. The third kappa shape index (κ3) is 6.38. The first-order chi connectivity index (χ1) is 13.2. The van der Waals surface area contributed by atoms with E-state index in [2.05, 4.69) is 0 Å². The van der Waals surface area contributed by atoms with Gasteiger partial charge in [0.25, 0.3) is 15.9 Å². The molecule has 1 amide bonds. The summed E-state index contributed by atoms with van der Waals surface area (Å²) in [5.41, 5.74) is 0.383. The Hall–Kier alpha value is -2.87. The standard InChI is InChI=1S/C20H23NO6S/c1-14(2)12-26-17-5-4-6-18(11-17)27-13-20(23)21-28(24,25)19-9-7-16(8-10-19)15(3)22/h4-11,14H,12-13H2,1-3H3,(H,21,23). The van der Waals surface area contributed by atoms with Crippen molar-refractivity contribution in [2.24, 2.45) is 5.92 Å². The Bertz CT molecular complexity index is 935. The number of amides is 1. The molecule has 0 aliphatic carbocycles. The second-order valence-electron chi connectivity index (χ2n) is 6.58. The number of sulfonamides is 1. The molecule has 0 bridgehead atoms. The van der Waals surface area contributed by atoms with E-state index in [0.717, 1.165) is 0 Å². The molecule has 0 aromatic heterocycles. The van der Waals surface area contributed by atoms with E-state index >= 15 is 0 Å². The quantitative estimate of drug-likeness (QED) is 0.644. The van der Waals surface area contributed by atoms with Gasteiger partial charge >= 0.3 is 0 Å². The first kappa shape index (κ1) is 21.4. The Morgan fingerprint density at radius 1 is 1.00 bits per heavy atom. The van der Waals surface area contributed by atoms with Crippen LogP contribution >= 0.6 is 0 Å². The summed E-state index contributed by atoms with van der Waals surface area (Å²) in [6.07, 6.45) is 0. The molecule has 150 valence electrons. The maximum atomic E-state index is 12.2. The fourth-order valence-electron chi connectivity index (χ4n) is 2.17. The minimum absolute atomic E-state index is 0.116. The summed E-state index contributed by atoms with van der Waals surface area (Å²) in [5, 5.41) is 0. The maximum absolute atomic E-state index is 12.2. The number of rotatable bonds is 9. The molecule has 2 rings (SSSR count). The second-order valence-corrected chi connectivity index (χ2v) is 8.26. The zero-order chi connectivity index (χ0) is 20.7. The highest BCUT2D eigenvalue weighted by Gasteiger charge is 2.18. The van der Waals surface area contributed by atoms with E-state index in [1.807, 2.05) is 18.6 Å². The number of ether oxygens (including phenoxy) is 2. The number of ketones is 1. The third-order valence-corrected chi connectivity index (χ3v) is 4.97. The lowest BCUT2D eigenvalue weighted by atomic mass is 10.2. The lowest BCUT2D eigenvalue weighted by Crippen LogP contribution is -2.34. The summed E-state index contributed by atoms with van der Waals surface area (Å²) in [5.74, 6) is 0.361. The summed E-state index contributed by atoms with van der Waals surface area (Å²) < 4.78 is 37.4. The van der Waals surface area contributed by atoms with Gasteiger partial charge in [-0.2, -0.15) is 0 Å². The summed E-state index contributed by atoms with van der Waals surface area (Å²) in [6.45, 7) is 5.51. The Morgan fingerprint density at radius 2 is 1.61 bits per heavy atom. The molecule has 0 aliphatic heterocycles. The van der Waals surface area contributed by atoms with Gasteiger partial charge < -0.3 is 9.47 Å². The van der Waals surface area contributed by atoms with Crippen LogP contribution in [0.2, 0.25) is 0 Å². The van der Waals surface area contributed by atoms with Crippen LogP contribution in [-0.4, -0.2) is 33.3 Å². The molecule has 0 saturated carbocycles. The van der Waals surface area contributed by atoms with Gasteiger partial charge in [-0.05, 0) is 37.1 Å². The molecule has 0 spiro atoms. The zero-order valence-electron chi connectivity index (χ0n) is 16.0. The molecule has 0 saturated heterocycles. The van der Waals surface area contributed by atoms with Gasteiger partial charge in [-0.3, -0.25) is 9.59 Å². The Balaban J connectivity index is 1.94. The largest absolute Gasteiger partial charge is 0.493 e. The van der Waals surface area contributed by atoms with Gasteiger partial charge in [-0.25, -0.2) is 13.1 Å². The van der Waals surface area contributed by atoms with Crippen LogP contribution in [0.3, 0.4) is 0 Å². The van der Waals surface area contributed by atoms with Crippen LogP contribution in [0, 0.1) is 5.92 Å². The average molecular weight is 405 g/mol. The highest BCUT2D eigenvalue weighted by molar-refractivity contribution is 7.90. The van der Waals surface area contributed by atoms with Gasteiger partial charge in [0.15, 0.2) is 12.4 Å².